The molecule has 1 N–H and O–H groups in total. The Morgan fingerprint density at radius 2 is 1.58 bits per heavy atom. The Morgan fingerprint density at radius 3 is 2.33 bits per heavy atom. The fourth-order valence-electron chi connectivity index (χ4n) is 5.88. The van der Waals surface area contributed by atoms with Gasteiger partial charge in [0.1, 0.15) is 5.82 Å². The van der Waals surface area contributed by atoms with Crippen LogP contribution in [0.3, 0.4) is 0 Å². The molecule has 1 aromatic heterocycles. The van der Waals surface area contributed by atoms with Crippen molar-refractivity contribution in [3.8, 4) is 11.1 Å². The number of amides is 1. The van der Waals surface area contributed by atoms with Crippen molar-refractivity contribution in [1.29, 1.82) is 0 Å². The first-order valence-corrected chi connectivity index (χ1v) is 14.3. The van der Waals surface area contributed by atoms with Gasteiger partial charge in [0.05, 0.1) is 18.7 Å². The van der Waals surface area contributed by atoms with Gasteiger partial charge in [0.15, 0.2) is 6.04 Å². The number of halogens is 3. The van der Waals surface area contributed by atoms with Gasteiger partial charge in [-0.2, -0.15) is 13.2 Å². The average molecular weight is 613 g/mol. The number of nitrogens with zero attached hydrogens (tertiary/aromatic N) is 2. The van der Waals surface area contributed by atoms with Gasteiger partial charge in [-0.05, 0) is 51.6 Å². The van der Waals surface area contributed by atoms with Crippen LogP contribution in [-0.2, 0) is 28.5 Å². The standard InChI is InChI=1S/C35H27F3N2O5/c36-35(37,38)27-14-7-13-25(19-27)31-26(18-24-12-6-11-23-10-4-5-15-28(23)24)20-30(41)40-29(21-39(32(31)40)34(43)44)33(42)45-17-16-22-8-2-1-3-9-22/h1-15,19-20,29H,16-18,21H2,(H,43,44). The van der Waals surface area contributed by atoms with Crippen LogP contribution in [0.4, 0.5) is 23.8 Å². The molecule has 0 saturated heterocycles. The molecule has 0 aliphatic carbocycles. The zero-order valence-corrected chi connectivity index (χ0v) is 23.8. The highest BCUT2D eigenvalue weighted by Crippen LogP contribution is 2.42. The lowest BCUT2D eigenvalue weighted by atomic mass is 9.92. The fourth-order valence-corrected chi connectivity index (χ4v) is 5.88. The van der Waals surface area contributed by atoms with Crippen LogP contribution in [0.1, 0.15) is 28.3 Å². The van der Waals surface area contributed by atoms with Crippen molar-refractivity contribution in [2.75, 3.05) is 18.1 Å². The summed E-state index contributed by atoms with van der Waals surface area (Å²) in [5, 5.41) is 12.0. The van der Waals surface area contributed by atoms with E-state index in [9.17, 15) is 32.7 Å². The van der Waals surface area contributed by atoms with Crippen LogP contribution < -0.4 is 10.5 Å². The number of carbonyl (C=O) groups excluding carboxylic acids is 1. The molecule has 4 aromatic carbocycles. The highest BCUT2D eigenvalue weighted by molar-refractivity contribution is 5.96. The van der Waals surface area contributed by atoms with Crippen molar-refractivity contribution < 1.29 is 32.6 Å². The van der Waals surface area contributed by atoms with Crippen molar-refractivity contribution in [3.05, 3.63) is 136 Å². The predicted octanol–water partition coefficient (Wildman–Crippen LogP) is 7.10. The van der Waals surface area contributed by atoms with E-state index in [2.05, 4.69) is 0 Å². The second kappa shape index (κ2) is 12.0. The van der Waals surface area contributed by atoms with E-state index in [1.807, 2.05) is 72.8 Å². The second-order valence-electron chi connectivity index (χ2n) is 10.8. The third kappa shape index (κ3) is 5.91. The number of aromatic nitrogens is 1. The molecule has 0 fully saturated rings. The molecule has 6 rings (SSSR count). The Morgan fingerprint density at radius 1 is 0.867 bits per heavy atom. The molecule has 10 heteroatoms. The molecule has 1 unspecified atom stereocenters. The molecule has 0 spiro atoms. The summed E-state index contributed by atoms with van der Waals surface area (Å²) >= 11 is 0. The molecule has 7 nitrogen and oxygen atoms in total. The van der Waals surface area contributed by atoms with Crippen molar-refractivity contribution in [2.24, 2.45) is 0 Å². The third-order valence-corrected chi connectivity index (χ3v) is 7.95. The summed E-state index contributed by atoms with van der Waals surface area (Å²) in [6, 6.07) is 26.9. The smallest absolute Gasteiger partial charge is 0.416 e. The first kappa shape index (κ1) is 29.7. The number of carboxylic acid groups (broad SMARTS) is 1. The number of hydrogen-bond acceptors (Lipinski definition) is 4. The van der Waals surface area contributed by atoms with Gasteiger partial charge in [0.25, 0.3) is 5.56 Å². The third-order valence-electron chi connectivity index (χ3n) is 7.95. The summed E-state index contributed by atoms with van der Waals surface area (Å²) in [5.74, 6) is -0.982. The van der Waals surface area contributed by atoms with Crippen LogP contribution in [0, 0.1) is 0 Å². The Labute approximate surface area is 255 Å². The van der Waals surface area contributed by atoms with Crippen molar-refractivity contribution in [3.63, 3.8) is 0 Å². The van der Waals surface area contributed by atoms with Gasteiger partial charge in [-0.3, -0.25) is 14.3 Å². The van der Waals surface area contributed by atoms with E-state index in [1.54, 1.807) is 0 Å². The lowest BCUT2D eigenvalue weighted by molar-refractivity contribution is -0.147. The SMILES string of the molecule is O=C(OCCc1ccccc1)C1CN(C(=O)O)c2c(-c3cccc(C(F)(F)F)c3)c(Cc3cccc4ccccc34)cc(=O)n21. The highest BCUT2D eigenvalue weighted by Gasteiger charge is 2.41. The number of carbonyl (C=O) groups is 2. The summed E-state index contributed by atoms with van der Waals surface area (Å²) in [4.78, 5) is 40.5. The number of alkyl halides is 3. The van der Waals surface area contributed by atoms with Crippen molar-refractivity contribution in [1.82, 2.24) is 4.57 Å². The molecule has 1 atom stereocenters. The quantitative estimate of drug-likeness (QED) is 0.198. The minimum atomic E-state index is -4.67. The molecule has 228 valence electrons. The van der Waals surface area contributed by atoms with Gasteiger partial charge in [-0.15, -0.1) is 0 Å². The lowest BCUT2D eigenvalue weighted by Gasteiger charge is -2.21. The largest absolute Gasteiger partial charge is 0.465 e. The van der Waals surface area contributed by atoms with Crippen LogP contribution in [0.25, 0.3) is 21.9 Å². The van der Waals surface area contributed by atoms with Crippen LogP contribution >= 0.6 is 0 Å². The Hall–Kier alpha value is -5.38. The Balaban J connectivity index is 1.49. The maximum atomic E-state index is 13.8. The molecule has 0 bridgehead atoms. The molecule has 1 amide bonds. The molecular formula is C35H27F3N2O5. The number of rotatable bonds is 7. The first-order chi connectivity index (χ1) is 21.6. The van der Waals surface area contributed by atoms with Crippen LogP contribution in [0.2, 0.25) is 0 Å². The normalized spacial score (nSPS) is 14.4. The Kier molecular flexibility index (Phi) is 7.88. The number of anilines is 1. The van der Waals surface area contributed by atoms with Gasteiger partial charge >= 0.3 is 18.2 Å². The highest BCUT2D eigenvalue weighted by atomic mass is 19.4. The van der Waals surface area contributed by atoms with Crippen molar-refractivity contribution >= 4 is 28.7 Å². The van der Waals surface area contributed by atoms with E-state index >= 15 is 0 Å². The minimum absolute atomic E-state index is 0.00382. The number of ether oxygens (including phenoxy) is 1. The second-order valence-corrected chi connectivity index (χ2v) is 10.8. The lowest BCUT2D eigenvalue weighted by Crippen LogP contribution is -2.31. The molecular weight excluding hydrogens is 585 g/mol. The van der Waals surface area contributed by atoms with E-state index in [1.165, 1.54) is 18.2 Å². The number of pyridine rings is 1. The summed E-state index contributed by atoms with van der Waals surface area (Å²) in [5.41, 5.74) is 0.631. The molecule has 0 saturated carbocycles. The molecule has 5 aromatic rings. The molecule has 2 heterocycles. The maximum Gasteiger partial charge on any atom is 0.416 e. The van der Waals surface area contributed by atoms with E-state index in [0.717, 1.165) is 43.5 Å². The van der Waals surface area contributed by atoms with E-state index in [-0.39, 0.29) is 30.0 Å². The number of fused-ring (bicyclic) bond motifs is 2. The summed E-state index contributed by atoms with van der Waals surface area (Å²) < 4.78 is 48.0. The molecule has 1 aliphatic heterocycles. The van der Waals surface area contributed by atoms with E-state index in [4.69, 9.17) is 4.74 Å². The topological polar surface area (TPSA) is 88.8 Å². The zero-order chi connectivity index (χ0) is 31.7. The molecule has 1 aliphatic rings. The zero-order valence-electron chi connectivity index (χ0n) is 23.8. The predicted molar refractivity (Wildman–Crippen MR) is 163 cm³/mol. The first-order valence-electron chi connectivity index (χ1n) is 14.3. The monoisotopic (exact) mass is 612 g/mol. The van der Waals surface area contributed by atoms with Gasteiger partial charge < -0.3 is 9.84 Å². The molecule has 45 heavy (non-hydrogen) atoms. The van der Waals surface area contributed by atoms with Gasteiger partial charge in [-0.1, -0.05) is 84.9 Å². The van der Waals surface area contributed by atoms with Crippen LogP contribution in [0.5, 0.6) is 0 Å². The molecule has 0 radical (unpaired) electrons. The van der Waals surface area contributed by atoms with Crippen LogP contribution in [-0.4, -0.2) is 34.9 Å². The number of benzene rings is 4. The Bertz CT molecular complexity index is 1970. The summed E-state index contributed by atoms with van der Waals surface area (Å²) in [7, 11) is 0. The van der Waals surface area contributed by atoms with Gasteiger partial charge in [0, 0.05) is 18.1 Å². The maximum absolute atomic E-state index is 13.8. The van der Waals surface area contributed by atoms with E-state index < -0.39 is 41.9 Å². The number of hydrogen-bond donors (Lipinski definition) is 1. The van der Waals surface area contributed by atoms with Gasteiger partial charge in [-0.25, -0.2) is 9.59 Å². The van der Waals surface area contributed by atoms with Crippen molar-refractivity contribution in [2.45, 2.75) is 25.1 Å². The fraction of sp³-hybridized carbons (Fsp3) is 0.171. The van der Waals surface area contributed by atoms with E-state index in [0.29, 0.717) is 12.0 Å². The number of esters is 1. The average Bonchev–Trinajstić information content (AvgIpc) is 3.43. The van der Waals surface area contributed by atoms with Gasteiger partial charge in [0.2, 0.25) is 0 Å². The summed E-state index contributed by atoms with van der Waals surface area (Å²) in [6.07, 6.45) is -5.60. The van der Waals surface area contributed by atoms with Crippen LogP contribution in [0.15, 0.2) is 108 Å². The minimum Gasteiger partial charge on any atom is -0.465 e. The summed E-state index contributed by atoms with van der Waals surface area (Å²) in [6.45, 7) is -0.436.